The first-order valence-corrected chi connectivity index (χ1v) is 7.26. The molecular weight excluding hydrogens is 279 g/mol. The van der Waals surface area contributed by atoms with Gasteiger partial charge in [-0.3, -0.25) is 4.79 Å². The minimum Gasteiger partial charge on any atom is -0.347 e. The van der Waals surface area contributed by atoms with Crippen LogP contribution in [0.5, 0.6) is 0 Å². The SMILES string of the molecule is CC(C)(NC(=O)CC(N)c1ccccc1)c1cccc(F)c1. The van der Waals surface area contributed by atoms with Gasteiger partial charge in [0.15, 0.2) is 0 Å². The lowest BCUT2D eigenvalue weighted by molar-refractivity contribution is -0.123. The van der Waals surface area contributed by atoms with Crippen LogP contribution in [0.4, 0.5) is 4.39 Å². The van der Waals surface area contributed by atoms with Gasteiger partial charge in [0.1, 0.15) is 5.82 Å². The third-order valence-electron chi connectivity index (χ3n) is 3.63. The summed E-state index contributed by atoms with van der Waals surface area (Å²) in [5.74, 6) is -0.480. The molecule has 0 fully saturated rings. The van der Waals surface area contributed by atoms with Crippen LogP contribution in [0.25, 0.3) is 0 Å². The molecule has 1 unspecified atom stereocenters. The van der Waals surface area contributed by atoms with E-state index in [1.807, 2.05) is 44.2 Å². The van der Waals surface area contributed by atoms with Crippen LogP contribution in [0.3, 0.4) is 0 Å². The number of carbonyl (C=O) groups excluding carboxylic acids is 1. The summed E-state index contributed by atoms with van der Waals surface area (Å²) in [6.07, 6.45) is 0.183. The summed E-state index contributed by atoms with van der Waals surface area (Å²) in [5.41, 5.74) is 7.03. The van der Waals surface area contributed by atoms with E-state index in [1.54, 1.807) is 12.1 Å². The van der Waals surface area contributed by atoms with E-state index < -0.39 is 5.54 Å². The second-order valence-corrected chi connectivity index (χ2v) is 5.90. The molecule has 2 aromatic rings. The highest BCUT2D eigenvalue weighted by molar-refractivity contribution is 5.77. The topological polar surface area (TPSA) is 55.1 Å². The van der Waals surface area contributed by atoms with E-state index in [0.29, 0.717) is 5.56 Å². The van der Waals surface area contributed by atoms with E-state index in [-0.39, 0.29) is 24.2 Å². The van der Waals surface area contributed by atoms with Crippen LogP contribution in [0, 0.1) is 5.82 Å². The first-order chi connectivity index (χ1) is 10.4. The number of carbonyl (C=O) groups is 1. The fraction of sp³-hybridized carbons (Fsp3) is 0.278. The highest BCUT2D eigenvalue weighted by Gasteiger charge is 2.24. The molecule has 4 heteroatoms. The van der Waals surface area contributed by atoms with E-state index in [2.05, 4.69) is 5.32 Å². The number of rotatable bonds is 5. The molecule has 0 spiro atoms. The largest absolute Gasteiger partial charge is 0.347 e. The Labute approximate surface area is 130 Å². The summed E-state index contributed by atoms with van der Waals surface area (Å²) in [6, 6.07) is 15.4. The average Bonchev–Trinajstić information content (AvgIpc) is 2.47. The van der Waals surface area contributed by atoms with Crippen LogP contribution in [-0.4, -0.2) is 5.91 Å². The first-order valence-electron chi connectivity index (χ1n) is 7.26. The molecule has 116 valence electrons. The highest BCUT2D eigenvalue weighted by atomic mass is 19.1. The Morgan fingerprint density at radius 2 is 1.86 bits per heavy atom. The molecule has 0 aliphatic heterocycles. The molecule has 3 N–H and O–H groups in total. The fourth-order valence-electron chi connectivity index (χ4n) is 2.37. The minimum atomic E-state index is -0.657. The maximum Gasteiger partial charge on any atom is 0.222 e. The molecule has 1 amide bonds. The molecule has 1 atom stereocenters. The summed E-state index contributed by atoms with van der Waals surface area (Å²) in [5, 5.41) is 2.91. The molecule has 0 aliphatic carbocycles. The Hall–Kier alpha value is -2.20. The zero-order valence-corrected chi connectivity index (χ0v) is 12.8. The molecule has 0 saturated carbocycles. The zero-order chi connectivity index (χ0) is 16.2. The summed E-state index contributed by atoms with van der Waals surface area (Å²) in [6.45, 7) is 3.68. The summed E-state index contributed by atoms with van der Waals surface area (Å²) >= 11 is 0. The number of halogens is 1. The quantitative estimate of drug-likeness (QED) is 0.890. The van der Waals surface area contributed by atoms with Crippen LogP contribution in [0.1, 0.15) is 37.4 Å². The van der Waals surface area contributed by atoms with Gasteiger partial charge in [-0.15, -0.1) is 0 Å². The van der Waals surface area contributed by atoms with Crippen LogP contribution in [0.2, 0.25) is 0 Å². The van der Waals surface area contributed by atoms with Crippen molar-refractivity contribution in [2.24, 2.45) is 5.73 Å². The number of hydrogen-bond donors (Lipinski definition) is 2. The molecular formula is C18H21FN2O. The van der Waals surface area contributed by atoms with Gasteiger partial charge in [-0.05, 0) is 37.1 Å². The van der Waals surface area contributed by atoms with E-state index in [1.165, 1.54) is 12.1 Å². The Morgan fingerprint density at radius 3 is 2.50 bits per heavy atom. The van der Waals surface area contributed by atoms with Gasteiger partial charge in [0, 0.05) is 12.5 Å². The maximum atomic E-state index is 13.3. The van der Waals surface area contributed by atoms with Crippen molar-refractivity contribution in [3.8, 4) is 0 Å². The molecule has 0 aliphatic rings. The Bertz CT molecular complexity index is 641. The second kappa shape index (κ2) is 6.71. The van der Waals surface area contributed by atoms with E-state index in [0.717, 1.165) is 5.56 Å². The third-order valence-corrected chi connectivity index (χ3v) is 3.63. The number of nitrogens with two attached hydrogens (primary N) is 1. The molecule has 2 aromatic carbocycles. The van der Waals surface area contributed by atoms with Crippen molar-refractivity contribution in [3.05, 3.63) is 71.5 Å². The van der Waals surface area contributed by atoms with Crippen molar-refractivity contribution in [2.45, 2.75) is 31.8 Å². The molecule has 0 bridgehead atoms. The standard InChI is InChI=1S/C18H21FN2O/c1-18(2,14-9-6-10-15(19)11-14)21-17(22)12-16(20)13-7-4-3-5-8-13/h3-11,16H,12,20H2,1-2H3,(H,21,22). The monoisotopic (exact) mass is 300 g/mol. The van der Waals surface area contributed by atoms with E-state index in [4.69, 9.17) is 5.73 Å². The van der Waals surface area contributed by atoms with Gasteiger partial charge >= 0.3 is 0 Å². The Kier molecular flexibility index (Phi) is 4.93. The lowest BCUT2D eigenvalue weighted by Crippen LogP contribution is -2.42. The van der Waals surface area contributed by atoms with Crippen LogP contribution < -0.4 is 11.1 Å². The van der Waals surface area contributed by atoms with Gasteiger partial charge in [-0.25, -0.2) is 4.39 Å². The smallest absolute Gasteiger partial charge is 0.222 e. The maximum absolute atomic E-state index is 13.3. The van der Waals surface area contributed by atoms with Gasteiger partial charge in [0.25, 0.3) is 0 Å². The lowest BCUT2D eigenvalue weighted by Gasteiger charge is -2.27. The summed E-state index contributed by atoms with van der Waals surface area (Å²) in [4.78, 5) is 12.2. The molecule has 0 aromatic heterocycles. The van der Waals surface area contributed by atoms with Gasteiger partial charge in [-0.2, -0.15) is 0 Å². The first kappa shape index (κ1) is 16.2. The normalized spacial score (nSPS) is 12.7. The minimum absolute atomic E-state index is 0.161. The summed E-state index contributed by atoms with van der Waals surface area (Å²) < 4.78 is 13.3. The molecule has 22 heavy (non-hydrogen) atoms. The molecule has 0 radical (unpaired) electrons. The summed E-state index contributed by atoms with van der Waals surface area (Å²) in [7, 11) is 0. The Morgan fingerprint density at radius 1 is 1.18 bits per heavy atom. The predicted octanol–water partition coefficient (Wildman–Crippen LogP) is 3.27. The van der Waals surface area contributed by atoms with Crippen molar-refractivity contribution < 1.29 is 9.18 Å². The fourth-order valence-corrected chi connectivity index (χ4v) is 2.37. The van der Waals surface area contributed by atoms with Gasteiger partial charge in [0.05, 0.1) is 5.54 Å². The zero-order valence-electron chi connectivity index (χ0n) is 12.8. The van der Waals surface area contributed by atoms with Crippen molar-refractivity contribution in [1.29, 1.82) is 0 Å². The predicted molar refractivity (Wildman–Crippen MR) is 85.6 cm³/mol. The Balaban J connectivity index is 2.02. The van der Waals surface area contributed by atoms with Crippen molar-refractivity contribution in [2.75, 3.05) is 0 Å². The van der Waals surface area contributed by atoms with E-state index >= 15 is 0 Å². The highest BCUT2D eigenvalue weighted by Crippen LogP contribution is 2.22. The van der Waals surface area contributed by atoms with Crippen molar-refractivity contribution in [3.63, 3.8) is 0 Å². The van der Waals surface area contributed by atoms with Crippen LogP contribution >= 0.6 is 0 Å². The molecule has 0 heterocycles. The average molecular weight is 300 g/mol. The van der Waals surface area contributed by atoms with Crippen LogP contribution in [-0.2, 0) is 10.3 Å². The second-order valence-electron chi connectivity index (χ2n) is 5.90. The van der Waals surface area contributed by atoms with Crippen molar-refractivity contribution in [1.82, 2.24) is 5.32 Å². The van der Waals surface area contributed by atoms with Gasteiger partial charge < -0.3 is 11.1 Å². The van der Waals surface area contributed by atoms with Gasteiger partial charge in [0.2, 0.25) is 5.91 Å². The number of hydrogen-bond acceptors (Lipinski definition) is 2. The van der Waals surface area contributed by atoms with Crippen molar-refractivity contribution >= 4 is 5.91 Å². The van der Waals surface area contributed by atoms with Crippen LogP contribution in [0.15, 0.2) is 54.6 Å². The molecule has 3 nitrogen and oxygen atoms in total. The van der Waals surface area contributed by atoms with Gasteiger partial charge in [-0.1, -0.05) is 42.5 Å². The molecule has 0 saturated heterocycles. The number of amides is 1. The molecule has 2 rings (SSSR count). The third kappa shape index (κ3) is 4.15. The number of benzene rings is 2. The lowest BCUT2D eigenvalue weighted by atomic mass is 9.93. The van der Waals surface area contributed by atoms with E-state index in [9.17, 15) is 9.18 Å². The number of nitrogens with one attached hydrogen (secondary N) is 1.